The van der Waals surface area contributed by atoms with Gasteiger partial charge in [-0.15, -0.1) is 0 Å². The van der Waals surface area contributed by atoms with Gasteiger partial charge in [0.1, 0.15) is 6.34 Å². The van der Waals surface area contributed by atoms with Gasteiger partial charge in [0.2, 0.25) is 5.91 Å². The number of carbonyl (C=O) groups excluding carboxylic acids is 1. The van der Waals surface area contributed by atoms with Gasteiger partial charge in [0.05, 0.1) is 25.2 Å². The van der Waals surface area contributed by atoms with Crippen LogP contribution < -0.4 is 16.2 Å². The Kier molecular flexibility index (Phi) is 11.6. The number of nitrogens with zero attached hydrogens (tertiary/aromatic N) is 4. The van der Waals surface area contributed by atoms with Gasteiger partial charge in [-0.3, -0.25) is 30.2 Å². The third-order valence-corrected chi connectivity index (χ3v) is 5.46. The number of carbonyl (C=O) groups is 2. The lowest BCUT2D eigenvalue weighted by atomic mass is 10.1. The molecule has 1 aliphatic heterocycles. The summed E-state index contributed by atoms with van der Waals surface area (Å²) in [5, 5.41) is 19.9. The molecule has 0 aromatic heterocycles. The average Bonchev–Trinajstić information content (AvgIpc) is 2.81. The van der Waals surface area contributed by atoms with Crippen LogP contribution in [0.2, 0.25) is 0 Å². The quantitative estimate of drug-likeness (QED) is 0.298. The SMILES string of the molecule is CCCN(CCN(CCC)CC(=O)NCc1cc(C2=NNC=NN2)ccc1SF)CC(=O)O. The highest BCUT2D eigenvalue weighted by molar-refractivity contribution is 7.94. The molecule has 0 atom stereocenters. The first-order valence-corrected chi connectivity index (χ1v) is 11.6. The van der Waals surface area contributed by atoms with Gasteiger partial charge in [0.25, 0.3) is 0 Å². The van der Waals surface area contributed by atoms with Crippen LogP contribution in [-0.4, -0.2) is 78.2 Å². The second-order valence-corrected chi connectivity index (χ2v) is 8.18. The molecule has 0 aliphatic carbocycles. The van der Waals surface area contributed by atoms with Gasteiger partial charge in [0.15, 0.2) is 5.84 Å². The molecule has 0 bridgehead atoms. The molecule has 0 unspecified atom stereocenters. The number of benzene rings is 1. The fraction of sp³-hybridized carbons (Fsp3) is 0.524. The van der Waals surface area contributed by atoms with Crippen molar-refractivity contribution in [3.05, 3.63) is 29.3 Å². The van der Waals surface area contributed by atoms with Crippen LogP contribution in [0.15, 0.2) is 33.3 Å². The number of carboxylic acid groups (broad SMARTS) is 1. The van der Waals surface area contributed by atoms with E-state index in [2.05, 4.69) is 26.4 Å². The van der Waals surface area contributed by atoms with Gasteiger partial charge >= 0.3 is 5.97 Å². The number of hydrogen-bond donors (Lipinski definition) is 4. The number of carboxylic acids is 1. The summed E-state index contributed by atoms with van der Waals surface area (Å²) in [6.45, 7) is 6.96. The van der Waals surface area contributed by atoms with Crippen LogP contribution in [0.25, 0.3) is 0 Å². The van der Waals surface area contributed by atoms with Gasteiger partial charge in [-0.05, 0) is 49.7 Å². The van der Waals surface area contributed by atoms with Crippen molar-refractivity contribution in [3.8, 4) is 0 Å². The van der Waals surface area contributed by atoms with E-state index in [1.165, 1.54) is 6.34 Å². The number of amidine groups is 1. The first kappa shape index (κ1) is 26.6. The fourth-order valence-electron chi connectivity index (χ4n) is 3.41. The maximum Gasteiger partial charge on any atom is 0.317 e. The molecule has 2 rings (SSSR count). The summed E-state index contributed by atoms with van der Waals surface area (Å²) in [6.07, 6.45) is 3.14. The summed E-state index contributed by atoms with van der Waals surface area (Å²) in [6, 6.07) is 5.12. The predicted octanol–water partition coefficient (Wildman–Crippen LogP) is 1.59. The summed E-state index contributed by atoms with van der Waals surface area (Å²) >= 11 is 0.124. The average molecular weight is 482 g/mol. The Bertz CT molecular complexity index is 853. The molecule has 1 aromatic carbocycles. The van der Waals surface area contributed by atoms with E-state index < -0.39 is 5.97 Å². The zero-order valence-electron chi connectivity index (χ0n) is 19.0. The van der Waals surface area contributed by atoms with Crippen LogP contribution in [0.1, 0.15) is 37.8 Å². The molecular weight excluding hydrogens is 449 g/mol. The predicted molar refractivity (Wildman–Crippen MR) is 128 cm³/mol. The topological polar surface area (TPSA) is 122 Å². The van der Waals surface area contributed by atoms with Gasteiger partial charge in [0, 0.05) is 30.1 Å². The highest BCUT2D eigenvalue weighted by Gasteiger charge is 2.15. The van der Waals surface area contributed by atoms with E-state index in [4.69, 9.17) is 5.11 Å². The van der Waals surface area contributed by atoms with Crippen LogP contribution >= 0.6 is 12.1 Å². The van der Waals surface area contributed by atoms with Crippen LogP contribution in [0.3, 0.4) is 0 Å². The number of amides is 1. The summed E-state index contributed by atoms with van der Waals surface area (Å²) in [7, 11) is 0. The van der Waals surface area contributed by atoms with E-state index in [0.29, 0.717) is 41.5 Å². The Hall–Kier alpha value is -2.70. The largest absolute Gasteiger partial charge is 0.480 e. The Labute approximate surface area is 198 Å². The standard InChI is InChI=1S/C21H32FN7O3S/c1-3-7-28(9-10-29(8-4-2)14-20(31)32)13-19(30)23-12-17-11-16(5-6-18(17)33-22)21-26-24-15-25-27-21/h5-6,11,15H,3-4,7-10,12-14H2,1-2H3,(H,23,30)(H,24,25)(H,26,27)(H,31,32). The second kappa shape index (κ2) is 14.4. The van der Waals surface area contributed by atoms with E-state index >= 15 is 0 Å². The number of nitrogens with one attached hydrogen (secondary N) is 3. The van der Waals surface area contributed by atoms with Gasteiger partial charge < -0.3 is 10.4 Å². The van der Waals surface area contributed by atoms with Gasteiger partial charge in [-0.2, -0.15) is 14.1 Å². The number of aliphatic carboxylic acids is 1. The Balaban J connectivity index is 1.94. The Morgan fingerprint density at radius 3 is 2.39 bits per heavy atom. The van der Waals surface area contributed by atoms with Crippen molar-refractivity contribution < 1.29 is 18.6 Å². The summed E-state index contributed by atoms with van der Waals surface area (Å²) in [5.74, 6) is -0.542. The number of hydrogen-bond acceptors (Lipinski definition) is 9. The van der Waals surface area contributed by atoms with Crippen LogP contribution in [0.5, 0.6) is 0 Å². The first-order valence-electron chi connectivity index (χ1n) is 10.9. The minimum absolute atomic E-state index is 0.0129. The minimum atomic E-state index is -0.857. The Morgan fingerprint density at radius 2 is 1.82 bits per heavy atom. The normalized spacial score (nSPS) is 12.9. The molecule has 0 saturated carbocycles. The highest BCUT2D eigenvalue weighted by atomic mass is 32.2. The lowest BCUT2D eigenvalue weighted by Crippen LogP contribution is -2.42. The maximum atomic E-state index is 13.4. The smallest absolute Gasteiger partial charge is 0.317 e. The summed E-state index contributed by atoms with van der Waals surface area (Å²) < 4.78 is 13.4. The molecule has 33 heavy (non-hydrogen) atoms. The molecule has 0 radical (unpaired) electrons. The number of rotatable bonds is 15. The maximum absolute atomic E-state index is 13.4. The lowest BCUT2D eigenvalue weighted by molar-refractivity contribution is -0.138. The molecule has 1 amide bonds. The molecule has 0 saturated heterocycles. The first-order chi connectivity index (χ1) is 16.0. The van der Waals surface area contributed by atoms with Gasteiger partial charge in [-0.25, -0.2) is 0 Å². The van der Waals surface area contributed by atoms with E-state index in [9.17, 15) is 13.5 Å². The van der Waals surface area contributed by atoms with E-state index in [0.717, 1.165) is 19.4 Å². The van der Waals surface area contributed by atoms with Crippen LogP contribution in [0, 0.1) is 0 Å². The molecule has 182 valence electrons. The molecule has 10 nitrogen and oxygen atoms in total. The second-order valence-electron chi connectivity index (χ2n) is 7.58. The molecule has 1 aliphatic rings. The summed E-state index contributed by atoms with van der Waals surface area (Å²) in [5.41, 5.74) is 6.76. The van der Waals surface area contributed by atoms with Crippen molar-refractivity contribution in [1.82, 2.24) is 26.0 Å². The zero-order valence-corrected chi connectivity index (χ0v) is 19.8. The third kappa shape index (κ3) is 9.36. The third-order valence-electron chi connectivity index (χ3n) is 4.90. The molecular formula is C21H32FN7O3S. The van der Waals surface area contributed by atoms with Crippen LogP contribution in [-0.2, 0) is 16.1 Å². The highest BCUT2D eigenvalue weighted by Crippen LogP contribution is 2.25. The van der Waals surface area contributed by atoms with E-state index in [1.807, 2.05) is 23.6 Å². The Morgan fingerprint density at radius 1 is 1.12 bits per heavy atom. The lowest BCUT2D eigenvalue weighted by Gasteiger charge is -2.26. The van der Waals surface area contributed by atoms with E-state index in [-0.39, 0.29) is 37.7 Å². The van der Waals surface area contributed by atoms with Crippen molar-refractivity contribution in [2.45, 2.75) is 38.1 Å². The van der Waals surface area contributed by atoms with Crippen molar-refractivity contribution in [1.29, 1.82) is 0 Å². The monoisotopic (exact) mass is 481 g/mol. The summed E-state index contributed by atoms with van der Waals surface area (Å²) in [4.78, 5) is 28.0. The molecule has 0 fully saturated rings. The van der Waals surface area contributed by atoms with Crippen molar-refractivity contribution in [2.24, 2.45) is 10.2 Å². The fourth-order valence-corrected chi connectivity index (χ4v) is 3.76. The molecule has 1 heterocycles. The zero-order chi connectivity index (χ0) is 24.1. The molecule has 12 heteroatoms. The molecule has 0 spiro atoms. The minimum Gasteiger partial charge on any atom is -0.480 e. The van der Waals surface area contributed by atoms with Crippen molar-refractivity contribution in [2.75, 3.05) is 39.3 Å². The van der Waals surface area contributed by atoms with Crippen molar-refractivity contribution >= 4 is 36.2 Å². The number of halogens is 1. The van der Waals surface area contributed by atoms with Crippen molar-refractivity contribution in [3.63, 3.8) is 0 Å². The van der Waals surface area contributed by atoms with Gasteiger partial charge in [-0.1, -0.05) is 13.8 Å². The van der Waals surface area contributed by atoms with E-state index in [1.54, 1.807) is 18.2 Å². The van der Waals surface area contributed by atoms with Crippen LogP contribution in [0.4, 0.5) is 3.89 Å². The molecule has 1 aromatic rings. The molecule has 4 N–H and O–H groups in total. The number of hydrazone groups is 2.